The van der Waals surface area contributed by atoms with Gasteiger partial charge in [0.25, 0.3) is 5.91 Å². The Morgan fingerprint density at radius 1 is 1.38 bits per heavy atom. The van der Waals surface area contributed by atoms with Crippen LogP contribution in [0.15, 0.2) is 6.33 Å². The molecule has 0 unspecified atom stereocenters. The molecule has 3 rings (SSSR count). The molecule has 1 aliphatic rings. The predicted octanol–water partition coefficient (Wildman–Crippen LogP) is -2.99. The zero-order valence-corrected chi connectivity index (χ0v) is 12.3. The number of anilines is 2. The number of ether oxygens (including phenoxy) is 1. The molecule has 0 aromatic carbocycles. The first-order valence-corrected chi connectivity index (χ1v) is 6.95. The number of hydrogen-bond acceptors (Lipinski definition) is 10. The monoisotopic (exact) mass is 339 g/mol. The number of aliphatic hydroxyl groups excluding tert-OH is 3. The molecule has 24 heavy (non-hydrogen) atoms. The van der Waals surface area contributed by atoms with E-state index in [4.69, 9.17) is 22.0 Å². The lowest BCUT2D eigenvalue weighted by molar-refractivity contribution is -0.0499. The van der Waals surface area contributed by atoms with Gasteiger partial charge in [-0.3, -0.25) is 9.36 Å². The average Bonchev–Trinajstić information content (AvgIpc) is 3.03. The fourth-order valence-corrected chi connectivity index (χ4v) is 2.88. The maximum absolute atomic E-state index is 11.9. The first-order valence-electron chi connectivity index (χ1n) is 6.95. The highest BCUT2D eigenvalue weighted by molar-refractivity contribution is 6.13. The standard InChI is InChI=1S/C12H17N7O5/c13-8-4-5(9(14)23)11(18-15)19(10(4)17-2-16-8)12-7(22)6(21)3(1-20)24-12/h2-3,6-7,12,18,20-22H,1,15H2,(H2,14,23)(H2,13,16,17)/t3-,6-,7+,12-/m1/s1. The highest BCUT2D eigenvalue weighted by Crippen LogP contribution is 2.39. The van der Waals surface area contributed by atoms with Crippen LogP contribution in [-0.2, 0) is 4.74 Å². The van der Waals surface area contributed by atoms with E-state index in [0.29, 0.717) is 0 Å². The first-order chi connectivity index (χ1) is 11.4. The molecular formula is C12H17N7O5. The van der Waals surface area contributed by atoms with Crippen LogP contribution < -0.4 is 22.7 Å². The molecule has 3 heterocycles. The van der Waals surface area contributed by atoms with Gasteiger partial charge in [-0.1, -0.05) is 0 Å². The van der Waals surface area contributed by atoms with E-state index in [1.165, 1.54) is 4.57 Å². The molecule has 2 aromatic rings. The Morgan fingerprint density at radius 2 is 2.08 bits per heavy atom. The van der Waals surface area contributed by atoms with E-state index in [2.05, 4.69) is 15.4 Å². The van der Waals surface area contributed by atoms with Gasteiger partial charge in [0, 0.05) is 0 Å². The van der Waals surface area contributed by atoms with Crippen LogP contribution in [0.4, 0.5) is 11.6 Å². The zero-order valence-electron chi connectivity index (χ0n) is 12.3. The van der Waals surface area contributed by atoms with Crippen molar-refractivity contribution < 1.29 is 24.9 Å². The number of primary amides is 1. The highest BCUT2D eigenvalue weighted by atomic mass is 16.6. The lowest BCUT2D eigenvalue weighted by Gasteiger charge is -2.20. The second-order valence-corrected chi connectivity index (χ2v) is 5.29. The van der Waals surface area contributed by atoms with Gasteiger partial charge in [-0.15, -0.1) is 0 Å². The first kappa shape index (κ1) is 16.4. The smallest absolute Gasteiger partial charge is 0.253 e. The molecule has 10 N–H and O–H groups in total. The van der Waals surface area contributed by atoms with Crippen LogP contribution in [0.1, 0.15) is 16.6 Å². The molecule has 0 spiro atoms. The second-order valence-electron chi connectivity index (χ2n) is 5.29. The van der Waals surface area contributed by atoms with E-state index in [0.717, 1.165) is 6.33 Å². The number of nitrogens with zero attached hydrogens (tertiary/aromatic N) is 3. The molecule has 0 saturated carbocycles. The summed E-state index contributed by atoms with van der Waals surface area (Å²) in [6.07, 6.45) is -3.82. The molecule has 1 saturated heterocycles. The molecule has 0 bridgehead atoms. The minimum Gasteiger partial charge on any atom is -0.394 e. The Labute approximate surface area is 134 Å². The van der Waals surface area contributed by atoms with Crippen LogP contribution in [0.3, 0.4) is 0 Å². The average molecular weight is 339 g/mol. The number of amides is 1. The molecule has 4 atom stereocenters. The summed E-state index contributed by atoms with van der Waals surface area (Å²) in [5.74, 6) is 4.62. The molecule has 12 heteroatoms. The Balaban J connectivity index is 2.29. The summed E-state index contributed by atoms with van der Waals surface area (Å²) in [4.78, 5) is 19.7. The molecule has 130 valence electrons. The van der Waals surface area contributed by atoms with Crippen LogP contribution in [0.5, 0.6) is 0 Å². The van der Waals surface area contributed by atoms with E-state index in [1.807, 2.05) is 0 Å². The van der Waals surface area contributed by atoms with E-state index in [1.54, 1.807) is 0 Å². The largest absolute Gasteiger partial charge is 0.394 e. The molecule has 1 fully saturated rings. The van der Waals surface area contributed by atoms with Crippen molar-refractivity contribution in [3.05, 3.63) is 11.9 Å². The quantitative estimate of drug-likeness (QED) is 0.222. The van der Waals surface area contributed by atoms with Crippen LogP contribution in [-0.4, -0.2) is 60.7 Å². The number of carbonyl (C=O) groups excluding carboxylic acids is 1. The van der Waals surface area contributed by atoms with E-state index in [-0.39, 0.29) is 28.2 Å². The zero-order chi connectivity index (χ0) is 17.6. The number of aromatic nitrogens is 3. The number of nitrogens with two attached hydrogens (primary N) is 3. The lowest BCUT2D eigenvalue weighted by Crippen LogP contribution is -2.33. The summed E-state index contributed by atoms with van der Waals surface area (Å²) in [7, 11) is 0. The van der Waals surface area contributed by atoms with E-state index < -0.39 is 37.1 Å². The van der Waals surface area contributed by atoms with Gasteiger partial charge >= 0.3 is 0 Å². The predicted molar refractivity (Wildman–Crippen MR) is 81.3 cm³/mol. The normalized spacial score (nSPS) is 26.8. The number of rotatable bonds is 4. The van der Waals surface area contributed by atoms with E-state index in [9.17, 15) is 20.1 Å². The van der Waals surface area contributed by atoms with Gasteiger partial charge in [-0.05, 0) is 0 Å². The highest BCUT2D eigenvalue weighted by Gasteiger charge is 2.45. The molecule has 0 radical (unpaired) electrons. The van der Waals surface area contributed by atoms with Gasteiger partial charge in [0.15, 0.2) is 6.23 Å². The third-order valence-electron chi connectivity index (χ3n) is 3.97. The third kappa shape index (κ3) is 2.16. The number of nitrogen functional groups attached to an aromatic ring is 2. The van der Waals surface area contributed by atoms with Crippen molar-refractivity contribution in [2.45, 2.75) is 24.5 Å². The summed E-state index contributed by atoms with van der Waals surface area (Å²) in [6, 6.07) is 0. The fraction of sp³-hybridized carbons (Fsp3) is 0.417. The van der Waals surface area contributed by atoms with Crippen LogP contribution in [0, 0.1) is 0 Å². The molecule has 0 aliphatic carbocycles. The number of nitrogens with one attached hydrogen (secondary N) is 1. The molecule has 1 aliphatic heterocycles. The van der Waals surface area contributed by atoms with Crippen molar-refractivity contribution in [3.63, 3.8) is 0 Å². The summed E-state index contributed by atoms with van der Waals surface area (Å²) in [6.45, 7) is -0.515. The molecule has 2 aromatic heterocycles. The summed E-state index contributed by atoms with van der Waals surface area (Å²) in [5, 5.41) is 29.6. The van der Waals surface area contributed by atoms with Gasteiger partial charge in [0.05, 0.1) is 17.6 Å². The third-order valence-corrected chi connectivity index (χ3v) is 3.97. The van der Waals surface area contributed by atoms with Crippen molar-refractivity contribution in [1.29, 1.82) is 0 Å². The minimum absolute atomic E-state index is 0.0143. The van der Waals surface area contributed by atoms with Crippen molar-refractivity contribution in [2.75, 3.05) is 17.8 Å². The maximum atomic E-state index is 11.9. The van der Waals surface area contributed by atoms with Gasteiger partial charge in [0.2, 0.25) is 0 Å². The van der Waals surface area contributed by atoms with Gasteiger partial charge in [0.1, 0.15) is 41.9 Å². The summed E-state index contributed by atoms with van der Waals surface area (Å²) >= 11 is 0. The van der Waals surface area contributed by atoms with Crippen LogP contribution in [0.2, 0.25) is 0 Å². The fourth-order valence-electron chi connectivity index (χ4n) is 2.88. The Bertz CT molecular complexity index is 794. The van der Waals surface area contributed by atoms with Crippen molar-refractivity contribution in [3.8, 4) is 0 Å². The number of aliphatic hydroxyl groups is 3. The van der Waals surface area contributed by atoms with Gasteiger partial charge in [-0.2, -0.15) is 0 Å². The maximum Gasteiger partial charge on any atom is 0.253 e. The van der Waals surface area contributed by atoms with Crippen molar-refractivity contribution in [2.24, 2.45) is 11.6 Å². The molecular weight excluding hydrogens is 322 g/mol. The number of carbonyl (C=O) groups is 1. The van der Waals surface area contributed by atoms with Crippen LogP contribution in [0.25, 0.3) is 11.0 Å². The number of fused-ring (bicyclic) bond motifs is 1. The lowest BCUT2D eigenvalue weighted by atomic mass is 10.1. The Morgan fingerprint density at radius 3 is 2.62 bits per heavy atom. The van der Waals surface area contributed by atoms with Gasteiger partial charge in [-0.25, -0.2) is 15.8 Å². The van der Waals surface area contributed by atoms with Crippen LogP contribution >= 0.6 is 0 Å². The summed E-state index contributed by atoms with van der Waals surface area (Å²) in [5.41, 5.74) is 13.6. The Hall–Kier alpha value is -2.51. The van der Waals surface area contributed by atoms with Gasteiger partial charge < -0.3 is 36.9 Å². The SMILES string of the molecule is NNc1c(C(N)=O)c2c(N)ncnc2n1[C@@H]1O[C@H](CO)[C@@H](O)[C@@H]1O. The Kier molecular flexibility index (Phi) is 3.98. The van der Waals surface area contributed by atoms with Crippen molar-refractivity contribution >= 4 is 28.6 Å². The second kappa shape index (κ2) is 5.85. The van der Waals surface area contributed by atoms with E-state index >= 15 is 0 Å². The number of hydrogen-bond donors (Lipinski definition) is 7. The minimum atomic E-state index is -1.42. The topological polar surface area (TPSA) is 208 Å². The molecule has 12 nitrogen and oxygen atoms in total. The molecule has 1 amide bonds. The summed E-state index contributed by atoms with van der Waals surface area (Å²) < 4.78 is 6.72. The number of hydrazine groups is 1. The van der Waals surface area contributed by atoms with Crippen molar-refractivity contribution in [1.82, 2.24) is 14.5 Å².